The molecule has 0 atom stereocenters. The summed E-state index contributed by atoms with van der Waals surface area (Å²) in [5, 5.41) is 13.8. The number of rotatable bonds is 4. The van der Waals surface area contributed by atoms with Gasteiger partial charge in [0.15, 0.2) is 11.5 Å². The lowest BCUT2D eigenvalue weighted by molar-refractivity contribution is 0.371. The molecule has 0 aromatic heterocycles. The lowest BCUT2D eigenvalue weighted by atomic mass is 10.1. The molecule has 2 aromatic carbocycles. The second-order valence-electron chi connectivity index (χ2n) is 4.39. The van der Waals surface area contributed by atoms with Gasteiger partial charge in [0.1, 0.15) is 0 Å². The van der Waals surface area contributed by atoms with Crippen molar-refractivity contribution in [1.29, 1.82) is 0 Å². The number of hydrogen-bond acceptors (Lipinski definition) is 3. The number of methoxy groups -OCH3 is 1. The number of ether oxygens (including phenoxy) is 1. The van der Waals surface area contributed by atoms with Gasteiger partial charge in [0, 0.05) is 17.3 Å². The molecule has 5 heteroatoms. The smallest absolute Gasteiger partial charge is 0.172 e. The van der Waals surface area contributed by atoms with Crippen LogP contribution in [-0.2, 0) is 6.54 Å². The number of nitrogens with one attached hydrogen (secondary N) is 1. The van der Waals surface area contributed by atoms with Gasteiger partial charge in [-0.25, -0.2) is 0 Å². The van der Waals surface area contributed by atoms with E-state index in [1.54, 1.807) is 6.07 Å². The molecule has 20 heavy (non-hydrogen) atoms. The van der Waals surface area contributed by atoms with Gasteiger partial charge in [-0.3, -0.25) is 0 Å². The highest BCUT2D eigenvalue weighted by Gasteiger charge is 2.09. The molecular weight excluding hydrogens is 342 g/mol. The van der Waals surface area contributed by atoms with E-state index in [1.165, 1.54) is 7.11 Å². The highest BCUT2D eigenvalue weighted by molar-refractivity contribution is 9.10. The fraction of sp³-hybridized carbons (Fsp3) is 0.200. The molecule has 106 valence electrons. The lowest BCUT2D eigenvalue weighted by Crippen LogP contribution is -2.02. The van der Waals surface area contributed by atoms with E-state index in [2.05, 4.69) is 21.2 Å². The third-order valence-corrected chi connectivity index (χ3v) is 4.07. The van der Waals surface area contributed by atoms with E-state index >= 15 is 0 Å². The molecule has 0 fully saturated rings. The molecule has 0 aliphatic heterocycles. The van der Waals surface area contributed by atoms with Crippen LogP contribution in [0.1, 0.15) is 11.1 Å². The topological polar surface area (TPSA) is 41.5 Å². The van der Waals surface area contributed by atoms with E-state index in [4.69, 9.17) is 16.3 Å². The maximum Gasteiger partial charge on any atom is 0.172 e. The van der Waals surface area contributed by atoms with Crippen LogP contribution < -0.4 is 10.1 Å². The number of hydrogen-bond donors (Lipinski definition) is 2. The Labute approximate surface area is 131 Å². The first-order chi connectivity index (χ1) is 9.52. The van der Waals surface area contributed by atoms with Crippen molar-refractivity contribution in [1.82, 2.24) is 0 Å². The second kappa shape index (κ2) is 6.37. The zero-order valence-electron chi connectivity index (χ0n) is 11.2. The van der Waals surface area contributed by atoms with Crippen molar-refractivity contribution in [3.8, 4) is 11.5 Å². The van der Waals surface area contributed by atoms with Crippen molar-refractivity contribution in [2.24, 2.45) is 0 Å². The molecule has 0 bridgehead atoms. The highest BCUT2D eigenvalue weighted by Crippen LogP contribution is 2.35. The van der Waals surface area contributed by atoms with E-state index < -0.39 is 0 Å². The molecule has 0 saturated carbocycles. The molecule has 0 heterocycles. The van der Waals surface area contributed by atoms with Gasteiger partial charge in [0.25, 0.3) is 0 Å². The minimum absolute atomic E-state index is 0.107. The van der Waals surface area contributed by atoms with E-state index in [9.17, 15) is 5.11 Å². The molecule has 0 unspecified atom stereocenters. The first-order valence-electron chi connectivity index (χ1n) is 6.07. The summed E-state index contributed by atoms with van der Waals surface area (Å²) < 4.78 is 5.74. The summed E-state index contributed by atoms with van der Waals surface area (Å²) in [6, 6.07) is 9.40. The van der Waals surface area contributed by atoms with Crippen LogP contribution in [-0.4, -0.2) is 12.2 Å². The Kier molecular flexibility index (Phi) is 4.78. The molecule has 2 rings (SSSR count). The maximum absolute atomic E-state index is 9.78. The number of phenolic OH excluding ortho intramolecular Hbond substituents is 1. The molecule has 0 aliphatic carbocycles. The first-order valence-corrected chi connectivity index (χ1v) is 7.24. The van der Waals surface area contributed by atoms with Crippen LogP contribution in [0.2, 0.25) is 5.02 Å². The fourth-order valence-corrected chi connectivity index (χ4v) is 2.55. The Hall–Kier alpha value is -1.39. The Balaban J connectivity index is 2.19. The number of aromatic hydroxyl groups is 1. The van der Waals surface area contributed by atoms with Gasteiger partial charge in [-0.15, -0.1) is 0 Å². The average molecular weight is 357 g/mol. The van der Waals surface area contributed by atoms with Crippen molar-refractivity contribution in [3.63, 3.8) is 0 Å². The largest absolute Gasteiger partial charge is 0.503 e. The maximum atomic E-state index is 9.78. The molecular formula is C15H15BrClNO2. The molecule has 3 nitrogen and oxygen atoms in total. The van der Waals surface area contributed by atoms with Gasteiger partial charge in [0.05, 0.1) is 11.6 Å². The van der Waals surface area contributed by atoms with Gasteiger partial charge < -0.3 is 15.2 Å². The number of benzene rings is 2. The van der Waals surface area contributed by atoms with Crippen LogP contribution in [0.4, 0.5) is 5.69 Å². The van der Waals surface area contributed by atoms with Crippen LogP contribution >= 0.6 is 27.5 Å². The molecule has 0 saturated heterocycles. The summed E-state index contributed by atoms with van der Waals surface area (Å²) >= 11 is 9.40. The van der Waals surface area contributed by atoms with Gasteiger partial charge in [-0.1, -0.05) is 17.7 Å². The Morgan fingerprint density at radius 1 is 1.35 bits per heavy atom. The first kappa shape index (κ1) is 15.0. The Morgan fingerprint density at radius 3 is 2.80 bits per heavy atom. The Morgan fingerprint density at radius 2 is 2.10 bits per heavy atom. The summed E-state index contributed by atoms with van der Waals surface area (Å²) in [7, 11) is 1.53. The van der Waals surface area contributed by atoms with Crippen molar-refractivity contribution in [2.45, 2.75) is 13.5 Å². The van der Waals surface area contributed by atoms with Gasteiger partial charge >= 0.3 is 0 Å². The van der Waals surface area contributed by atoms with Crippen molar-refractivity contribution < 1.29 is 9.84 Å². The monoisotopic (exact) mass is 355 g/mol. The lowest BCUT2D eigenvalue weighted by Gasteiger charge is -2.12. The van der Waals surface area contributed by atoms with Crippen molar-refractivity contribution in [3.05, 3.63) is 51.0 Å². The summed E-state index contributed by atoms with van der Waals surface area (Å²) in [6.07, 6.45) is 0. The number of phenols is 1. The van der Waals surface area contributed by atoms with Crippen LogP contribution in [0.15, 0.2) is 34.8 Å². The predicted octanol–water partition coefficient (Wildman–Crippen LogP) is 4.74. The highest BCUT2D eigenvalue weighted by atomic mass is 79.9. The molecule has 2 aromatic rings. The molecule has 0 spiro atoms. The second-order valence-corrected chi connectivity index (χ2v) is 5.66. The predicted molar refractivity (Wildman–Crippen MR) is 85.9 cm³/mol. The standard InChI is InChI=1S/C15H15BrClNO2/c1-9-12(17)4-3-5-13(9)18-8-10-6-11(16)15(19)14(7-10)20-2/h3-7,18-19H,8H2,1-2H3. The molecule has 0 radical (unpaired) electrons. The van der Waals surface area contributed by atoms with Crippen molar-refractivity contribution in [2.75, 3.05) is 12.4 Å². The molecule has 0 aliphatic rings. The summed E-state index contributed by atoms with van der Waals surface area (Å²) in [5.41, 5.74) is 2.99. The summed E-state index contributed by atoms with van der Waals surface area (Å²) in [6.45, 7) is 2.58. The van der Waals surface area contributed by atoms with Gasteiger partial charge in [0.2, 0.25) is 0 Å². The van der Waals surface area contributed by atoms with Crippen LogP contribution in [0.25, 0.3) is 0 Å². The van der Waals surface area contributed by atoms with Crippen LogP contribution in [0.5, 0.6) is 11.5 Å². The minimum atomic E-state index is 0.107. The summed E-state index contributed by atoms with van der Waals surface area (Å²) in [4.78, 5) is 0. The van der Waals surface area contributed by atoms with Gasteiger partial charge in [-0.2, -0.15) is 0 Å². The Bertz CT molecular complexity index is 632. The van der Waals surface area contributed by atoms with Crippen LogP contribution in [0.3, 0.4) is 0 Å². The summed E-state index contributed by atoms with van der Waals surface area (Å²) in [5.74, 6) is 0.550. The average Bonchev–Trinajstić information content (AvgIpc) is 2.44. The molecule has 0 amide bonds. The van der Waals surface area contributed by atoms with Gasteiger partial charge in [-0.05, 0) is 58.2 Å². The zero-order chi connectivity index (χ0) is 14.7. The van der Waals surface area contributed by atoms with E-state index in [0.29, 0.717) is 16.8 Å². The SMILES string of the molecule is COc1cc(CNc2cccc(Cl)c2C)cc(Br)c1O. The minimum Gasteiger partial charge on any atom is -0.503 e. The normalized spacial score (nSPS) is 10.4. The number of anilines is 1. The third kappa shape index (κ3) is 3.19. The molecule has 2 N–H and O–H groups in total. The van der Waals surface area contributed by atoms with Crippen molar-refractivity contribution >= 4 is 33.2 Å². The number of halogens is 2. The fourth-order valence-electron chi connectivity index (χ4n) is 1.88. The van der Waals surface area contributed by atoms with E-state index in [0.717, 1.165) is 21.8 Å². The third-order valence-electron chi connectivity index (χ3n) is 3.06. The zero-order valence-corrected chi connectivity index (χ0v) is 13.5. The van der Waals surface area contributed by atoms with E-state index in [-0.39, 0.29) is 5.75 Å². The van der Waals surface area contributed by atoms with E-state index in [1.807, 2.05) is 31.2 Å². The quantitative estimate of drug-likeness (QED) is 0.831. The van der Waals surface area contributed by atoms with Crippen LogP contribution in [0, 0.1) is 6.92 Å².